The van der Waals surface area contributed by atoms with Gasteiger partial charge >= 0.3 is 0 Å². The lowest BCUT2D eigenvalue weighted by Gasteiger charge is -2.40. The first-order valence-electron chi connectivity index (χ1n) is 6.45. The summed E-state index contributed by atoms with van der Waals surface area (Å²) in [5.74, 6) is -0.445. The topological polar surface area (TPSA) is 61.8 Å². The molecule has 1 aromatic rings. The fraction of sp³-hybridized carbons (Fsp3) is 0.500. The molecule has 1 aliphatic rings. The molecule has 104 valence electrons. The van der Waals surface area contributed by atoms with Crippen molar-refractivity contribution in [1.29, 1.82) is 0 Å². The van der Waals surface area contributed by atoms with Crippen LogP contribution in [0.2, 0.25) is 0 Å². The highest BCUT2D eigenvalue weighted by molar-refractivity contribution is 6.02. The smallest absolute Gasteiger partial charge is 0.172 e. The van der Waals surface area contributed by atoms with Gasteiger partial charge in [0.1, 0.15) is 5.82 Å². The molecule has 1 heterocycles. The normalized spacial score (nSPS) is 19.5. The second-order valence-corrected chi connectivity index (χ2v) is 5.84. The zero-order chi connectivity index (χ0) is 14.0. The summed E-state index contributed by atoms with van der Waals surface area (Å²) in [6.07, 6.45) is 2.25. The van der Waals surface area contributed by atoms with Crippen molar-refractivity contribution in [3.8, 4) is 0 Å². The van der Waals surface area contributed by atoms with E-state index in [9.17, 15) is 4.39 Å². The van der Waals surface area contributed by atoms with Crippen molar-refractivity contribution in [1.82, 2.24) is 0 Å². The van der Waals surface area contributed by atoms with Crippen LogP contribution in [0.4, 0.5) is 10.1 Å². The number of hydrogen-bond acceptors (Lipinski definition) is 3. The van der Waals surface area contributed by atoms with Crippen LogP contribution < -0.4 is 10.6 Å². The molecule has 1 fully saturated rings. The molecular formula is C14H20FN3O. The Hall–Kier alpha value is -1.78. The van der Waals surface area contributed by atoms with Gasteiger partial charge in [-0.1, -0.05) is 19.0 Å². The molecule has 0 saturated carbocycles. The van der Waals surface area contributed by atoms with Gasteiger partial charge in [0.25, 0.3) is 0 Å². The third kappa shape index (κ3) is 2.97. The maximum absolute atomic E-state index is 13.4. The van der Waals surface area contributed by atoms with E-state index in [1.54, 1.807) is 6.07 Å². The second kappa shape index (κ2) is 5.07. The first kappa shape index (κ1) is 13.6. The molecule has 1 saturated heterocycles. The van der Waals surface area contributed by atoms with Crippen molar-refractivity contribution >= 4 is 11.5 Å². The van der Waals surface area contributed by atoms with Gasteiger partial charge < -0.3 is 15.8 Å². The minimum absolute atomic E-state index is 0.0575. The van der Waals surface area contributed by atoms with E-state index in [1.807, 2.05) is 0 Å². The van der Waals surface area contributed by atoms with E-state index >= 15 is 0 Å². The highest BCUT2D eigenvalue weighted by Crippen LogP contribution is 2.33. The standard InChI is InChI=1S/C14H20FN3O/c1-14(2)6-3-7-18(9-14)12-5-4-10(15)8-11(12)13(16)17-19/h4-5,8,19H,3,6-7,9H2,1-2H3,(H2,16,17). The van der Waals surface area contributed by atoms with E-state index in [0.717, 1.165) is 25.2 Å². The number of nitrogens with two attached hydrogens (primary N) is 1. The summed E-state index contributed by atoms with van der Waals surface area (Å²) < 4.78 is 13.4. The third-order valence-electron chi connectivity index (χ3n) is 3.58. The first-order valence-corrected chi connectivity index (χ1v) is 6.45. The highest BCUT2D eigenvalue weighted by Gasteiger charge is 2.28. The predicted octanol–water partition coefficient (Wildman–Crippen LogP) is 2.55. The molecule has 0 aliphatic carbocycles. The average molecular weight is 265 g/mol. The molecular weight excluding hydrogens is 245 g/mol. The van der Waals surface area contributed by atoms with E-state index in [2.05, 4.69) is 23.9 Å². The van der Waals surface area contributed by atoms with Crippen molar-refractivity contribution in [3.63, 3.8) is 0 Å². The highest BCUT2D eigenvalue weighted by atomic mass is 19.1. The molecule has 0 amide bonds. The van der Waals surface area contributed by atoms with Crippen molar-refractivity contribution in [2.45, 2.75) is 26.7 Å². The van der Waals surface area contributed by atoms with Crippen LogP contribution in [0.15, 0.2) is 23.4 Å². The molecule has 0 aromatic heterocycles. The van der Waals surface area contributed by atoms with E-state index in [4.69, 9.17) is 10.9 Å². The Morgan fingerprint density at radius 2 is 2.21 bits per heavy atom. The molecule has 0 bridgehead atoms. The van der Waals surface area contributed by atoms with Gasteiger partial charge in [-0.05, 0) is 36.5 Å². The SMILES string of the molecule is CC1(C)CCCN(c2ccc(F)cc2C(N)=NO)C1. The van der Waals surface area contributed by atoms with Crippen LogP contribution in [0.1, 0.15) is 32.3 Å². The molecule has 3 N–H and O–H groups in total. The third-order valence-corrected chi connectivity index (χ3v) is 3.58. The van der Waals surface area contributed by atoms with Gasteiger partial charge in [0.05, 0.1) is 0 Å². The second-order valence-electron chi connectivity index (χ2n) is 5.84. The summed E-state index contributed by atoms with van der Waals surface area (Å²) in [5.41, 5.74) is 7.13. The molecule has 1 aromatic carbocycles. The van der Waals surface area contributed by atoms with Crippen LogP contribution in [0, 0.1) is 11.2 Å². The van der Waals surface area contributed by atoms with Gasteiger partial charge in [-0.3, -0.25) is 0 Å². The minimum atomic E-state index is -0.387. The zero-order valence-corrected chi connectivity index (χ0v) is 11.4. The molecule has 2 rings (SSSR count). The van der Waals surface area contributed by atoms with Crippen molar-refractivity contribution in [2.24, 2.45) is 16.3 Å². The molecule has 0 radical (unpaired) electrons. The number of anilines is 1. The van der Waals surface area contributed by atoms with Crippen LogP contribution >= 0.6 is 0 Å². The Kier molecular flexibility index (Phi) is 3.64. The van der Waals surface area contributed by atoms with E-state index in [-0.39, 0.29) is 17.1 Å². The molecule has 0 atom stereocenters. The monoisotopic (exact) mass is 265 g/mol. The number of halogens is 1. The molecule has 0 spiro atoms. The summed E-state index contributed by atoms with van der Waals surface area (Å²) in [5, 5.41) is 11.8. The van der Waals surface area contributed by atoms with Gasteiger partial charge in [-0.25, -0.2) is 4.39 Å². The van der Waals surface area contributed by atoms with Crippen LogP contribution in [0.3, 0.4) is 0 Å². The lowest BCUT2D eigenvalue weighted by Crippen LogP contribution is -2.41. The van der Waals surface area contributed by atoms with Crippen LogP contribution in [-0.2, 0) is 0 Å². The average Bonchev–Trinajstić information content (AvgIpc) is 2.36. The number of piperidine rings is 1. The number of hydrogen-bond donors (Lipinski definition) is 2. The summed E-state index contributed by atoms with van der Waals surface area (Å²) in [7, 11) is 0. The van der Waals surface area contributed by atoms with Crippen LogP contribution in [-0.4, -0.2) is 24.1 Å². The van der Waals surface area contributed by atoms with Crippen LogP contribution in [0.5, 0.6) is 0 Å². The number of benzene rings is 1. The Morgan fingerprint density at radius 1 is 1.47 bits per heavy atom. The summed E-state index contributed by atoms with van der Waals surface area (Å²) >= 11 is 0. The number of rotatable bonds is 2. The molecule has 0 unspecified atom stereocenters. The molecule has 4 nitrogen and oxygen atoms in total. The van der Waals surface area contributed by atoms with E-state index < -0.39 is 0 Å². The number of amidine groups is 1. The predicted molar refractivity (Wildman–Crippen MR) is 74.1 cm³/mol. The molecule has 1 aliphatic heterocycles. The first-order chi connectivity index (χ1) is 8.93. The maximum Gasteiger partial charge on any atom is 0.172 e. The fourth-order valence-electron chi connectivity index (χ4n) is 2.67. The van der Waals surface area contributed by atoms with Gasteiger partial charge in [0, 0.05) is 24.3 Å². The fourth-order valence-corrected chi connectivity index (χ4v) is 2.67. The van der Waals surface area contributed by atoms with Gasteiger partial charge in [0.2, 0.25) is 0 Å². The van der Waals surface area contributed by atoms with Gasteiger partial charge in [-0.2, -0.15) is 0 Å². The van der Waals surface area contributed by atoms with Gasteiger partial charge in [-0.15, -0.1) is 0 Å². The zero-order valence-electron chi connectivity index (χ0n) is 11.4. The lowest BCUT2D eigenvalue weighted by atomic mass is 9.84. The van der Waals surface area contributed by atoms with E-state index in [1.165, 1.54) is 18.6 Å². The summed E-state index contributed by atoms with van der Waals surface area (Å²) in [6, 6.07) is 4.42. The number of oxime groups is 1. The Bertz CT molecular complexity index is 499. The van der Waals surface area contributed by atoms with Crippen molar-refractivity contribution < 1.29 is 9.60 Å². The quantitative estimate of drug-likeness (QED) is 0.374. The summed E-state index contributed by atoms with van der Waals surface area (Å²) in [4.78, 5) is 2.18. The minimum Gasteiger partial charge on any atom is -0.409 e. The lowest BCUT2D eigenvalue weighted by molar-refractivity contribution is 0.293. The van der Waals surface area contributed by atoms with Gasteiger partial charge in [0.15, 0.2) is 5.84 Å². The summed E-state index contributed by atoms with van der Waals surface area (Å²) in [6.45, 7) is 6.21. The molecule has 19 heavy (non-hydrogen) atoms. The Balaban J connectivity index is 2.39. The van der Waals surface area contributed by atoms with Crippen molar-refractivity contribution in [3.05, 3.63) is 29.6 Å². The Labute approximate surface area is 112 Å². The maximum atomic E-state index is 13.4. The largest absolute Gasteiger partial charge is 0.409 e. The van der Waals surface area contributed by atoms with Crippen molar-refractivity contribution in [2.75, 3.05) is 18.0 Å². The Morgan fingerprint density at radius 3 is 2.84 bits per heavy atom. The van der Waals surface area contributed by atoms with E-state index in [0.29, 0.717) is 5.56 Å². The van der Waals surface area contributed by atoms with Crippen LogP contribution in [0.25, 0.3) is 0 Å². The molecule has 5 heteroatoms. The number of nitrogens with zero attached hydrogens (tertiary/aromatic N) is 2.